The maximum Gasteiger partial charge on any atom is 0.252 e. The fourth-order valence-electron chi connectivity index (χ4n) is 2.98. The van der Waals surface area contributed by atoms with E-state index >= 15 is 0 Å². The van der Waals surface area contributed by atoms with E-state index in [1.165, 1.54) is 0 Å². The highest BCUT2D eigenvalue weighted by molar-refractivity contribution is 6.06. The highest BCUT2D eigenvalue weighted by Crippen LogP contribution is 2.24. The van der Waals surface area contributed by atoms with E-state index < -0.39 is 0 Å². The molecule has 0 saturated carbocycles. The van der Waals surface area contributed by atoms with Gasteiger partial charge in [0.1, 0.15) is 0 Å². The smallest absolute Gasteiger partial charge is 0.252 e. The van der Waals surface area contributed by atoms with E-state index in [1.54, 1.807) is 35.9 Å². The van der Waals surface area contributed by atoms with Crippen LogP contribution < -0.4 is 5.32 Å². The van der Waals surface area contributed by atoms with Crippen molar-refractivity contribution in [2.75, 3.05) is 20.6 Å². The lowest BCUT2D eigenvalue weighted by atomic mass is 10.1. The number of rotatable bonds is 7. The second-order valence-corrected chi connectivity index (χ2v) is 6.77. The number of nitrogens with one attached hydrogen (secondary N) is 1. The van der Waals surface area contributed by atoms with Gasteiger partial charge in [-0.05, 0) is 19.4 Å². The number of fused-ring (bicyclic) bond motifs is 1. The van der Waals surface area contributed by atoms with Crippen molar-refractivity contribution in [3.8, 4) is 11.3 Å². The number of hydrogen-bond acceptors (Lipinski definition) is 4. The lowest BCUT2D eigenvalue weighted by molar-refractivity contribution is -0.128. The summed E-state index contributed by atoms with van der Waals surface area (Å²) in [4.78, 5) is 30.8. The van der Waals surface area contributed by atoms with Crippen molar-refractivity contribution in [2.24, 2.45) is 0 Å². The van der Waals surface area contributed by atoms with Crippen LogP contribution in [0.1, 0.15) is 30.1 Å². The normalized spacial score (nSPS) is 10.8. The Labute approximate surface area is 164 Å². The van der Waals surface area contributed by atoms with Crippen molar-refractivity contribution in [3.63, 3.8) is 0 Å². The van der Waals surface area contributed by atoms with Crippen molar-refractivity contribution < 1.29 is 9.59 Å². The molecule has 0 atom stereocenters. The summed E-state index contributed by atoms with van der Waals surface area (Å²) in [5.41, 5.74) is 2.91. The molecule has 0 aliphatic carbocycles. The quantitative estimate of drug-likeness (QED) is 0.640. The molecule has 0 bridgehead atoms. The van der Waals surface area contributed by atoms with Crippen LogP contribution in [0.4, 0.5) is 0 Å². The molecule has 0 aliphatic rings. The summed E-state index contributed by atoms with van der Waals surface area (Å²) in [5, 5.41) is 8.00. The molecule has 0 spiro atoms. The number of hydrogen-bond donors (Lipinski definition) is 1. The van der Waals surface area contributed by atoms with Gasteiger partial charge in [-0.25, -0.2) is 9.67 Å². The summed E-state index contributed by atoms with van der Waals surface area (Å²) >= 11 is 0. The molecule has 7 heteroatoms. The molecule has 146 valence electrons. The molecule has 2 amide bonds. The van der Waals surface area contributed by atoms with Gasteiger partial charge in [-0.2, -0.15) is 5.10 Å². The van der Waals surface area contributed by atoms with Crippen molar-refractivity contribution >= 4 is 22.8 Å². The van der Waals surface area contributed by atoms with Gasteiger partial charge in [0.2, 0.25) is 5.91 Å². The molecule has 0 aliphatic heterocycles. The van der Waals surface area contributed by atoms with Gasteiger partial charge >= 0.3 is 0 Å². The third kappa shape index (κ3) is 4.19. The highest BCUT2D eigenvalue weighted by atomic mass is 16.2. The monoisotopic (exact) mass is 379 g/mol. The number of nitrogens with zero attached hydrogens (tertiary/aromatic N) is 4. The summed E-state index contributed by atoms with van der Waals surface area (Å²) in [6.07, 6.45) is 2.68. The summed E-state index contributed by atoms with van der Waals surface area (Å²) in [6, 6.07) is 11.6. The minimum atomic E-state index is -0.183. The Balaban J connectivity index is 1.86. The van der Waals surface area contributed by atoms with Gasteiger partial charge in [-0.3, -0.25) is 9.59 Å². The standard InChI is InChI=1S/C21H25N5O2/c1-4-26-20-17(14-23-26)16(13-18(24-20)15-9-6-5-7-10-15)21(28)22-12-8-11-19(27)25(2)3/h5-7,9-10,13-14H,4,8,11-12H2,1-3H3,(H,22,28). The molecule has 2 heterocycles. The number of aryl methyl sites for hydroxylation is 1. The van der Waals surface area contributed by atoms with Gasteiger partial charge in [-0.1, -0.05) is 30.3 Å². The summed E-state index contributed by atoms with van der Waals surface area (Å²) in [5.74, 6) is -0.131. The number of carbonyl (C=O) groups excluding carboxylic acids is 2. The van der Waals surface area contributed by atoms with Crippen molar-refractivity contribution in [1.82, 2.24) is 25.0 Å². The number of amides is 2. The molecule has 0 fully saturated rings. The predicted molar refractivity (Wildman–Crippen MR) is 109 cm³/mol. The summed E-state index contributed by atoms with van der Waals surface area (Å²) in [7, 11) is 3.45. The first kappa shape index (κ1) is 19.5. The molecule has 28 heavy (non-hydrogen) atoms. The van der Waals surface area contributed by atoms with Crippen molar-refractivity contribution in [2.45, 2.75) is 26.3 Å². The van der Waals surface area contributed by atoms with Crippen LogP contribution in [-0.4, -0.2) is 52.1 Å². The van der Waals surface area contributed by atoms with Crippen LogP contribution in [0.25, 0.3) is 22.3 Å². The number of aromatic nitrogens is 3. The first-order chi connectivity index (χ1) is 13.5. The zero-order valence-electron chi connectivity index (χ0n) is 16.5. The molecule has 0 saturated heterocycles. The van der Waals surface area contributed by atoms with Gasteiger partial charge in [0, 0.05) is 39.2 Å². The SMILES string of the molecule is CCn1ncc2c(C(=O)NCCCC(=O)N(C)C)cc(-c3ccccc3)nc21. The Hall–Kier alpha value is -3.22. The van der Waals surface area contributed by atoms with Crippen LogP contribution in [0.2, 0.25) is 0 Å². The van der Waals surface area contributed by atoms with E-state index in [9.17, 15) is 9.59 Å². The second kappa shape index (κ2) is 8.65. The molecular formula is C21H25N5O2. The number of benzene rings is 1. The van der Waals surface area contributed by atoms with Crippen molar-refractivity contribution in [3.05, 3.63) is 48.2 Å². The van der Waals surface area contributed by atoms with Gasteiger partial charge in [0.15, 0.2) is 5.65 Å². The Morgan fingerprint density at radius 3 is 2.61 bits per heavy atom. The predicted octanol–water partition coefficient (Wildman–Crippen LogP) is 2.72. The molecule has 0 radical (unpaired) electrons. The maximum atomic E-state index is 12.8. The van der Waals surface area contributed by atoms with E-state index in [4.69, 9.17) is 4.98 Å². The fraction of sp³-hybridized carbons (Fsp3) is 0.333. The molecule has 3 rings (SSSR count). The van der Waals surface area contributed by atoms with E-state index in [1.807, 2.05) is 37.3 Å². The molecule has 7 nitrogen and oxygen atoms in total. The average Bonchev–Trinajstić information content (AvgIpc) is 3.13. The molecule has 1 N–H and O–H groups in total. The minimum Gasteiger partial charge on any atom is -0.352 e. The van der Waals surface area contributed by atoms with Crippen LogP contribution >= 0.6 is 0 Å². The minimum absolute atomic E-state index is 0.0520. The topological polar surface area (TPSA) is 80.1 Å². The molecule has 1 aromatic carbocycles. The van der Waals surface area contributed by atoms with Crippen LogP contribution in [-0.2, 0) is 11.3 Å². The first-order valence-corrected chi connectivity index (χ1v) is 9.41. The van der Waals surface area contributed by atoms with E-state index in [0.29, 0.717) is 37.1 Å². The van der Waals surface area contributed by atoms with Gasteiger partial charge in [-0.15, -0.1) is 0 Å². The Morgan fingerprint density at radius 1 is 1.18 bits per heavy atom. The van der Waals surface area contributed by atoms with Crippen LogP contribution in [0.5, 0.6) is 0 Å². The van der Waals surface area contributed by atoms with Crippen LogP contribution in [0.3, 0.4) is 0 Å². The average molecular weight is 379 g/mol. The van der Waals surface area contributed by atoms with Gasteiger partial charge < -0.3 is 10.2 Å². The van der Waals surface area contributed by atoms with Crippen LogP contribution in [0, 0.1) is 0 Å². The van der Waals surface area contributed by atoms with Gasteiger partial charge in [0.25, 0.3) is 5.91 Å². The summed E-state index contributed by atoms with van der Waals surface area (Å²) in [6.45, 7) is 3.10. The Bertz CT molecular complexity index is 979. The highest BCUT2D eigenvalue weighted by Gasteiger charge is 2.17. The lowest BCUT2D eigenvalue weighted by Gasteiger charge is -2.11. The summed E-state index contributed by atoms with van der Waals surface area (Å²) < 4.78 is 1.79. The van der Waals surface area contributed by atoms with E-state index in [-0.39, 0.29) is 11.8 Å². The molecule has 3 aromatic rings. The maximum absolute atomic E-state index is 12.8. The van der Waals surface area contributed by atoms with E-state index in [0.717, 1.165) is 16.6 Å². The number of pyridine rings is 1. The third-order valence-corrected chi connectivity index (χ3v) is 4.57. The first-order valence-electron chi connectivity index (χ1n) is 9.41. The Morgan fingerprint density at radius 2 is 1.93 bits per heavy atom. The lowest BCUT2D eigenvalue weighted by Crippen LogP contribution is -2.27. The molecule has 2 aromatic heterocycles. The van der Waals surface area contributed by atoms with E-state index in [2.05, 4.69) is 10.4 Å². The van der Waals surface area contributed by atoms with Crippen LogP contribution in [0.15, 0.2) is 42.6 Å². The Kier molecular flexibility index (Phi) is 6.03. The largest absolute Gasteiger partial charge is 0.352 e. The van der Waals surface area contributed by atoms with Gasteiger partial charge in [0.05, 0.1) is 22.8 Å². The van der Waals surface area contributed by atoms with Crippen molar-refractivity contribution in [1.29, 1.82) is 0 Å². The zero-order valence-corrected chi connectivity index (χ0v) is 16.5. The number of carbonyl (C=O) groups is 2. The fourth-order valence-corrected chi connectivity index (χ4v) is 2.98. The second-order valence-electron chi connectivity index (χ2n) is 6.77. The molecule has 0 unspecified atom stereocenters. The zero-order chi connectivity index (χ0) is 20.1. The molecular weight excluding hydrogens is 354 g/mol. The third-order valence-electron chi connectivity index (χ3n) is 4.57.